The van der Waals surface area contributed by atoms with Gasteiger partial charge >= 0.3 is 0 Å². The summed E-state index contributed by atoms with van der Waals surface area (Å²) >= 11 is 0. The molecule has 0 fully saturated rings. The minimum Gasteiger partial charge on any atom is -0.457 e. The fourth-order valence-electron chi connectivity index (χ4n) is 1.97. The highest BCUT2D eigenvalue weighted by Crippen LogP contribution is 2.29. The predicted octanol–water partition coefficient (Wildman–Crippen LogP) is 3.45. The van der Waals surface area contributed by atoms with E-state index in [9.17, 15) is 0 Å². The molecule has 0 bridgehead atoms. The molecule has 3 rings (SSSR count). The third kappa shape index (κ3) is 1.74. The number of anilines is 1. The Kier molecular flexibility index (Phi) is 2.26. The second-order valence-corrected chi connectivity index (χ2v) is 3.91. The zero-order valence-corrected chi connectivity index (χ0v) is 8.94. The smallest absolute Gasteiger partial charge is 0.127 e. The molecule has 1 aliphatic heterocycles. The van der Waals surface area contributed by atoms with Crippen molar-refractivity contribution in [2.45, 2.75) is 6.42 Å². The zero-order chi connectivity index (χ0) is 10.8. The van der Waals surface area contributed by atoms with E-state index in [0.29, 0.717) is 0 Å². The first-order chi connectivity index (χ1) is 7.92. The Balaban J connectivity index is 1.86. The minimum atomic E-state index is 0.883. The molecule has 1 N–H and O–H groups in total. The van der Waals surface area contributed by atoms with Crippen molar-refractivity contribution in [2.24, 2.45) is 0 Å². The van der Waals surface area contributed by atoms with Crippen molar-refractivity contribution in [3.63, 3.8) is 0 Å². The summed E-state index contributed by atoms with van der Waals surface area (Å²) in [6.45, 7) is 1.03. The van der Waals surface area contributed by atoms with Crippen LogP contribution in [0.1, 0.15) is 5.56 Å². The van der Waals surface area contributed by atoms with E-state index >= 15 is 0 Å². The molecule has 2 nitrogen and oxygen atoms in total. The van der Waals surface area contributed by atoms with Crippen molar-refractivity contribution in [2.75, 3.05) is 11.9 Å². The Morgan fingerprint density at radius 2 is 1.81 bits per heavy atom. The third-order valence-electron chi connectivity index (χ3n) is 2.77. The standard InChI is InChI=1S/C14H13NO/c1-2-4-12(5-3-1)16-13-6-7-14-11(10-13)8-9-15-14/h1-7,10,15H,8-9H2. The lowest BCUT2D eigenvalue weighted by molar-refractivity contribution is 0.482. The van der Waals surface area contributed by atoms with E-state index in [4.69, 9.17) is 4.74 Å². The molecule has 0 aliphatic carbocycles. The topological polar surface area (TPSA) is 21.3 Å². The number of hydrogen-bond acceptors (Lipinski definition) is 2. The molecule has 2 aromatic rings. The number of hydrogen-bond donors (Lipinski definition) is 1. The van der Waals surface area contributed by atoms with Gasteiger partial charge in [-0.25, -0.2) is 0 Å². The molecule has 16 heavy (non-hydrogen) atoms. The van der Waals surface area contributed by atoms with Crippen molar-refractivity contribution in [1.82, 2.24) is 0 Å². The van der Waals surface area contributed by atoms with Crippen molar-refractivity contribution in [3.8, 4) is 11.5 Å². The molecular formula is C14H13NO. The number of benzene rings is 2. The Morgan fingerprint density at radius 1 is 0.938 bits per heavy atom. The van der Waals surface area contributed by atoms with E-state index < -0.39 is 0 Å². The van der Waals surface area contributed by atoms with Gasteiger partial charge in [-0.1, -0.05) is 18.2 Å². The number of rotatable bonds is 2. The lowest BCUT2D eigenvalue weighted by atomic mass is 10.1. The first-order valence-electron chi connectivity index (χ1n) is 5.51. The lowest BCUT2D eigenvalue weighted by Crippen LogP contribution is -1.90. The second-order valence-electron chi connectivity index (χ2n) is 3.91. The molecule has 0 unspecified atom stereocenters. The molecule has 0 amide bonds. The van der Waals surface area contributed by atoms with Gasteiger partial charge in [0.25, 0.3) is 0 Å². The average molecular weight is 211 g/mol. The molecule has 0 spiro atoms. The molecule has 2 aromatic carbocycles. The first kappa shape index (κ1) is 9.28. The van der Waals surface area contributed by atoms with Crippen LogP contribution in [0.4, 0.5) is 5.69 Å². The Hall–Kier alpha value is -1.96. The van der Waals surface area contributed by atoms with Crippen LogP contribution >= 0.6 is 0 Å². The Morgan fingerprint density at radius 3 is 2.69 bits per heavy atom. The molecule has 1 aliphatic rings. The van der Waals surface area contributed by atoms with E-state index in [-0.39, 0.29) is 0 Å². The third-order valence-corrected chi connectivity index (χ3v) is 2.77. The SMILES string of the molecule is c1ccc(Oc2ccc3c(c2)CCN3)cc1. The summed E-state index contributed by atoms with van der Waals surface area (Å²) in [6, 6.07) is 16.1. The molecule has 0 atom stereocenters. The summed E-state index contributed by atoms with van der Waals surface area (Å²) in [4.78, 5) is 0. The van der Waals surface area contributed by atoms with Gasteiger partial charge in [0.2, 0.25) is 0 Å². The molecular weight excluding hydrogens is 198 g/mol. The van der Waals surface area contributed by atoms with E-state index in [1.54, 1.807) is 0 Å². The number of ether oxygens (including phenoxy) is 1. The number of para-hydroxylation sites is 1. The van der Waals surface area contributed by atoms with Crippen LogP contribution in [0, 0.1) is 0 Å². The summed E-state index contributed by atoms with van der Waals surface area (Å²) in [5.74, 6) is 1.79. The van der Waals surface area contributed by atoms with Gasteiger partial charge in [0, 0.05) is 12.2 Å². The van der Waals surface area contributed by atoms with Gasteiger partial charge in [-0.3, -0.25) is 0 Å². The summed E-state index contributed by atoms with van der Waals surface area (Å²) in [6.07, 6.45) is 1.08. The highest BCUT2D eigenvalue weighted by molar-refractivity contribution is 5.58. The quantitative estimate of drug-likeness (QED) is 0.821. The van der Waals surface area contributed by atoms with Gasteiger partial charge < -0.3 is 10.1 Å². The highest BCUT2D eigenvalue weighted by Gasteiger charge is 2.10. The van der Waals surface area contributed by atoms with Crippen LogP contribution in [-0.4, -0.2) is 6.54 Å². The zero-order valence-electron chi connectivity index (χ0n) is 8.94. The van der Waals surface area contributed by atoms with Crippen LogP contribution < -0.4 is 10.1 Å². The first-order valence-corrected chi connectivity index (χ1v) is 5.51. The van der Waals surface area contributed by atoms with Crippen LogP contribution in [0.15, 0.2) is 48.5 Å². The maximum atomic E-state index is 5.78. The summed E-state index contributed by atoms with van der Waals surface area (Å²) in [5.41, 5.74) is 2.58. The van der Waals surface area contributed by atoms with Gasteiger partial charge in [0.1, 0.15) is 11.5 Å². The van der Waals surface area contributed by atoms with E-state index in [2.05, 4.69) is 17.4 Å². The Labute approximate surface area is 94.9 Å². The molecule has 1 heterocycles. The van der Waals surface area contributed by atoms with E-state index in [1.807, 2.05) is 36.4 Å². The fourth-order valence-corrected chi connectivity index (χ4v) is 1.97. The predicted molar refractivity (Wildman–Crippen MR) is 65.2 cm³/mol. The van der Waals surface area contributed by atoms with Crippen LogP contribution in [0.2, 0.25) is 0 Å². The van der Waals surface area contributed by atoms with Crippen molar-refractivity contribution >= 4 is 5.69 Å². The van der Waals surface area contributed by atoms with Crippen LogP contribution in [0.5, 0.6) is 11.5 Å². The molecule has 0 aromatic heterocycles. The molecule has 80 valence electrons. The summed E-state index contributed by atoms with van der Waals surface area (Å²) < 4.78 is 5.78. The second kappa shape index (κ2) is 3.89. The van der Waals surface area contributed by atoms with Gasteiger partial charge in [0.05, 0.1) is 0 Å². The van der Waals surface area contributed by atoms with Crippen molar-refractivity contribution < 1.29 is 4.74 Å². The van der Waals surface area contributed by atoms with Gasteiger partial charge in [-0.2, -0.15) is 0 Å². The summed E-state index contributed by atoms with van der Waals surface area (Å²) in [5, 5.41) is 3.34. The van der Waals surface area contributed by atoms with E-state index in [1.165, 1.54) is 11.3 Å². The number of nitrogens with one attached hydrogen (secondary N) is 1. The van der Waals surface area contributed by atoms with Gasteiger partial charge in [0.15, 0.2) is 0 Å². The largest absolute Gasteiger partial charge is 0.457 e. The molecule has 2 heteroatoms. The maximum absolute atomic E-state index is 5.78. The van der Waals surface area contributed by atoms with Gasteiger partial charge in [-0.15, -0.1) is 0 Å². The summed E-state index contributed by atoms with van der Waals surface area (Å²) in [7, 11) is 0. The average Bonchev–Trinajstić information content (AvgIpc) is 2.77. The lowest BCUT2D eigenvalue weighted by Gasteiger charge is -2.07. The van der Waals surface area contributed by atoms with Crippen LogP contribution in [0.25, 0.3) is 0 Å². The molecule has 0 radical (unpaired) electrons. The van der Waals surface area contributed by atoms with E-state index in [0.717, 1.165) is 24.5 Å². The minimum absolute atomic E-state index is 0.883. The molecule has 0 saturated carbocycles. The molecule has 0 saturated heterocycles. The number of fused-ring (bicyclic) bond motifs is 1. The Bertz CT molecular complexity index is 493. The highest BCUT2D eigenvalue weighted by atomic mass is 16.5. The van der Waals surface area contributed by atoms with Crippen molar-refractivity contribution in [1.29, 1.82) is 0 Å². The normalized spacial score (nSPS) is 13.0. The maximum Gasteiger partial charge on any atom is 0.127 e. The van der Waals surface area contributed by atoms with Crippen molar-refractivity contribution in [3.05, 3.63) is 54.1 Å². The fraction of sp³-hybridized carbons (Fsp3) is 0.143. The van der Waals surface area contributed by atoms with Gasteiger partial charge in [-0.05, 0) is 42.3 Å². The monoisotopic (exact) mass is 211 g/mol. The van der Waals surface area contributed by atoms with Crippen LogP contribution in [-0.2, 0) is 6.42 Å². The van der Waals surface area contributed by atoms with Crippen LogP contribution in [0.3, 0.4) is 0 Å².